The zero-order chi connectivity index (χ0) is 15.0. The molecule has 0 unspecified atom stereocenters. The van der Waals surface area contributed by atoms with Crippen LogP contribution in [0.5, 0.6) is 11.5 Å². The largest absolute Gasteiger partial charge is 0.493 e. The maximum atomic E-state index is 5.42. The Morgan fingerprint density at radius 1 is 1.24 bits per heavy atom. The normalized spacial score (nSPS) is 11.0. The van der Waals surface area contributed by atoms with Crippen LogP contribution in [0.4, 0.5) is 0 Å². The highest BCUT2D eigenvalue weighted by atomic mass is 32.1. The molecule has 7 heteroatoms. The van der Waals surface area contributed by atoms with Crippen molar-refractivity contribution in [1.29, 1.82) is 0 Å². The van der Waals surface area contributed by atoms with E-state index in [0.29, 0.717) is 22.8 Å². The van der Waals surface area contributed by atoms with Gasteiger partial charge in [0.25, 0.3) is 0 Å². The third kappa shape index (κ3) is 2.40. The molecule has 0 atom stereocenters. The van der Waals surface area contributed by atoms with Gasteiger partial charge < -0.3 is 19.0 Å². The number of hydrogen-bond acceptors (Lipinski definition) is 4. The van der Waals surface area contributed by atoms with Gasteiger partial charge in [0.1, 0.15) is 0 Å². The first-order valence-corrected chi connectivity index (χ1v) is 6.85. The van der Waals surface area contributed by atoms with Gasteiger partial charge in [0.2, 0.25) is 0 Å². The summed E-state index contributed by atoms with van der Waals surface area (Å²) in [5, 5.41) is 4.18. The van der Waals surface area contributed by atoms with Crippen molar-refractivity contribution in [2.45, 2.75) is 6.54 Å². The van der Waals surface area contributed by atoms with E-state index >= 15 is 0 Å². The third-order valence-electron chi connectivity index (χ3n) is 3.38. The molecule has 0 aliphatic heterocycles. The molecule has 0 saturated carbocycles. The number of imidazole rings is 1. The van der Waals surface area contributed by atoms with Gasteiger partial charge in [-0.3, -0.25) is 4.68 Å². The predicted molar refractivity (Wildman–Crippen MR) is 82.5 cm³/mol. The number of rotatable bonds is 4. The molecule has 1 N–H and O–H groups in total. The van der Waals surface area contributed by atoms with Gasteiger partial charge in [-0.1, -0.05) is 0 Å². The number of ether oxygens (including phenoxy) is 2. The fourth-order valence-electron chi connectivity index (χ4n) is 2.38. The summed E-state index contributed by atoms with van der Waals surface area (Å²) in [6, 6.07) is 3.82. The van der Waals surface area contributed by atoms with Crippen molar-refractivity contribution in [2.24, 2.45) is 7.05 Å². The summed E-state index contributed by atoms with van der Waals surface area (Å²) in [4.78, 5) is 3.20. The van der Waals surface area contributed by atoms with Crippen LogP contribution in [-0.4, -0.2) is 33.6 Å². The molecule has 1 aromatic carbocycles. The van der Waals surface area contributed by atoms with Crippen LogP contribution in [0.15, 0.2) is 24.5 Å². The van der Waals surface area contributed by atoms with Crippen LogP contribution in [0.3, 0.4) is 0 Å². The zero-order valence-electron chi connectivity index (χ0n) is 12.1. The van der Waals surface area contributed by atoms with E-state index < -0.39 is 0 Å². The molecule has 21 heavy (non-hydrogen) atoms. The molecule has 6 nitrogen and oxygen atoms in total. The molecule has 3 rings (SSSR count). The number of H-pyrrole nitrogens is 1. The zero-order valence-corrected chi connectivity index (χ0v) is 12.9. The lowest BCUT2D eigenvalue weighted by atomic mass is 10.2. The summed E-state index contributed by atoms with van der Waals surface area (Å²) in [7, 11) is 5.13. The SMILES string of the molecule is COc1cc2[nH]c(=S)n(Cc3cnn(C)c3)c2cc1OC. The van der Waals surface area contributed by atoms with E-state index in [1.165, 1.54) is 0 Å². The number of aryl methyl sites for hydroxylation is 1. The molecule has 0 bridgehead atoms. The molecule has 0 aliphatic rings. The molecule has 0 radical (unpaired) electrons. The minimum atomic E-state index is 0.655. The van der Waals surface area contributed by atoms with Crippen LogP contribution in [0.25, 0.3) is 11.0 Å². The fraction of sp³-hybridized carbons (Fsp3) is 0.286. The molecule has 0 saturated heterocycles. The van der Waals surface area contributed by atoms with E-state index in [1.807, 2.05) is 36.1 Å². The van der Waals surface area contributed by atoms with Crippen LogP contribution < -0.4 is 9.47 Å². The first-order valence-electron chi connectivity index (χ1n) is 6.44. The smallest absolute Gasteiger partial charge is 0.178 e. The minimum absolute atomic E-state index is 0.655. The predicted octanol–water partition coefficient (Wildman–Crippen LogP) is 2.50. The van der Waals surface area contributed by atoms with Crippen LogP contribution in [0.2, 0.25) is 0 Å². The highest BCUT2D eigenvalue weighted by Gasteiger charge is 2.12. The first kappa shape index (κ1) is 13.7. The lowest BCUT2D eigenvalue weighted by molar-refractivity contribution is 0.355. The van der Waals surface area contributed by atoms with Gasteiger partial charge in [-0.25, -0.2) is 0 Å². The van der Waals surface area contributed by atoms with Crippen LogP contribution in [-0.2, 0) is 13.6 Å². The molecule has 3 aromatic rings. The molecular formula is C14H16N4O2S. The Balaban J connectivity index is 2.13. The van der Waals surface area contributed by atoms with Gasteiger partial charge in [0.15, 0.2) is 16.3 Å². The Bertz CT molecular complexity index is 846. The second kappa shape index (κ2) is 5.25. The molecular weight excluding hydrogens is 288 g/mol. The quantitative estimate of drug-likeness (QED) is 0.752. The molecule has 110 valence electrons. The maximum Gasteiger partial charge on any atom is 0.178 e. The summed E-state index contributed by atoms with van der Waals surface area (Å²) >= 11 is 5.42. The molecule has 0 fully saturated rings. The van der Waals surface area contributed by atoms with Crippen LogP contribution in [0, 0.1) is 4.77 Å². The fourth-order valence-corrected chi connectivity index (χ4v) is 2.65. The lowest BCUT2D eigenvalue weighted by Gasteiger charge is -2.08. The molecule has 2 heterocycles. The average Bonchev–Trinajstić information content (AvgIpc) is 3.02. The van der Waals surface area contributed by atoms with E-state index in [-0.39, 0.29) is 0 Å². The Labute approximate surface area is 126 Å². The summed E-state index contributed by atoms with van der Waals surface area (Å²) in [6.45, 7) is 0.655. The number of nitrogens with zero attached hydrogens (tertiary/aromatic N) is 3. The number of benzene rings is 1. The minimum Gasteiger partial charge on any atom is -0.493 e. The van der Waals surface area contributed by atoms with Crippen molar-refractivity contribution < 1.29 is 9.47 Å². The van der Waals surface area contributed by atoms with E-state index in [1.54, 1.807) is 18.9 Å². The average molecular weight is 304 g/mol. The lowest BCUT2D eigenvalue weighted by Crippen LogP contribution is -1.99. The van der Waals surface area contributed by atoms with Crippen molar-refractivity contribution in [3.63, 3.8) is 0 Å². The number of hydrogen-bond donors (Lipinski definition) is 1. The molecule has 0 spiro atoms. The number of aromatic amines is 1. The third-order valence-corrected chi connectivity index (χ3v) is 3.70. The Morgan fingerprint density at radius 2 is 1.95 bits per heavy atom. The van der Waals surface area contributed by atoms with E-state index in [2.05, 4.69) is 10.1 Å². The number of fused-ring (bicyclic) bond motifs is 1. The first-order chi connectivity index (χ1) is 10.1. The highest BCUT2D eigenvalue weighted by Crippen LogP contribution is 2.32. The van der Waals surface area contributed by atoms with Crippen molar-refractivity contribution in [3.05, 3.63) is 34.9 Å². The summed E-state index contributed by atoms with van der Waals surface area (Å²) < 4.78 is 15.1. The summed E-state index contributed by atoms with van der Waals surface area (Å²) in [5.74, 6) is 1.36. The molecule has 2 aromatic heterocycles. The number of aromatic nitrogens is 4. The molecule has 0 amide bonds. The Hall–Kier alpha value is -2.28. The van der Waals surface area contributed by atoms with E-state index in [0.717, 1.165) is 16.6 Å². The second-order valence-corrected chi connectivity index (χ2v) is 5.15. The van der Waals surface area contributed by atoms with Crippen LogP contribution in [0.1, 0.15) is 5.56 Å². The van der Waals surface area contributed by atoms with E-state index in [9.17, 15) is 0 Å². The number of nitrogens with one attached hydrogen (secondary N) is 1. The topological polar surface area (TPSA) is 57.0 Å². The van der Waals surface area contributed by atoms with Gasteiger partial charge in [-0.05, 0) is 12.2 Å². The monoisotopic (exact) mass is 304 g/mol. The Morgan fingerprint density at radius 3 is 2.57 bits per heavy atom. The van der Waals surface area contributed by atoms with Crippen molar-refractivity contribution in [2.75, 3.05) is 14.2 Å². The van der Waals surface area contributed by atoms with Crippen LogP contribution >= 0.6 is 12.2 Å². The van der Waals surface area contributed by atoms with Gasteiger partial charge in [0.05, 0.1) is 38.0 Å². The summed E-state index contributed by atoms with van der Waals surface area (Å²) in [6.07, 6.45) is 3.81. The second-order valence-electron chi connectivity index (χ2n) is 4.76. The van der Waals surface area contributed by atoms with Gasteiger partial charge in [-0.15, -0.1) is 0 Å². The van der Waals surface area contributed by atoms with Crippen molar-refractivity contribution >= 4 is 23.3 Å². The van der Waals surface area contributed by atoms with Crippen molar-refractivity contribution in [3.8, 4) is 11.5 Å². The van der Waals surface area contributed by atoms with Gasteiger partial charge in [-0.2, -0.15) is 5.10 Å². The number of methoxy groups -OCH3 is 2. The highest BCUT2D eigenvalue weighted by molar-refractivity contribution is 7.71. The standard InChI is InChI=1S/C14H16N4O2S/c1-17-7-9(6-15-17)8-18-11-5-13(20-3)12(19-2)4-10(11)16-14(18)21/h4-7H,8H2,1-3H3,(H,16,21). The maximum absolute atomic E-state index is 5.42. The van der Waals surface area contributed by atoms with E-state index in [4.69, 9.17) is 21.7 Å². The Kier molecular flexibility index (Phi) is 3.42. The molecule has 0 aliphatic carbocycles. The van der Waals surface area contributed by atoms with Gasteiger partial charge in [0, 0.05) is 30.9 Å². The van der Waals surface area contributed by atoms with Gasteiger partial charge >= 0.3 is 0 Å². The van der Waals surface area contributed by atoms with Crippen molar-refractivity contribution in [1.82, 2.24) is 19.3 Å². The summed E-state index contributed by atoms with van der Waals surface area (Å²) in [5.41, 5.74) is 2.98.